The molecule has 1 atom stereocenters. The van der Waals surface area contributed by atoms with Crippen LogP contribution in [0.25, 0.3) is 0 Å². The van der Waals surface area contributed by atoms with E-state index >= 15 is 0 Å². The standard InChI is InChI=1S/C20H24FNO3S2/c1-2-3-9-26-19(13-23)14-27-20-8-7-17(21)12-16(20)10-15-5-4-6-18(11-15)22(24)25/h4-8,11-12,19,23H,2-3,9-10,13-14H2,1H3/t19-/m0/s1. The van der Waals surface area contributed by atoms with E-state index in [0.29, 0.717) is 6.42 Å². The maximum atomic E-state index is 13.8. The van der Waals surface area contributed by atoms with Crippen molar-refractivity contribution in [2.24, 2.45) is 0 Å². The predicted octanol–water partition coefficient (Wildman–Crippen LogP) is 5.31. The molecule has 0 aliphatic heterocycles. The minimum Gasteiger partial charge on any atom is -0.395 e. The molecule has 0 amide bonds. The Morgan fingerprint density at radius 1 is 1.26 bits per heavy atom. The Morgan fingerprint density at radius 3 is 2.78 bits per heavy atom. The van der Waals surface area contributed by atoms with Crippen LogP contribution in [0.15, 0.2) is 47.4 Å². The minimum atomic E-state index is -0.426. The second-order valence-electron chi connectivity index (χ2n) is 6.20. The van der Waals surface area contributed by atoms with Gasteiger partial charge in [-0.15, -0.1) is 11.8 Å². The lowest BCUT2D eigenvalue weighted by molar-refractivity contribution is -0.384. The zero-order valence-corrected chi connectivity index (χ0v) is 16.9. The van der Waals surface area contributed by atoms with Crippen molar-refractivity contribution in [2.45, 2.75) is 36.3 Å². The second-order valence-corrected chi connectivity index (χ2v) is 8.67. The number of thioether (sulfide) groups is 2. The highest BCUT2D eigenvalue weighted by Crippen LogP contribution is 2.29. The van der Waals surface area contributed by atoms with Gasteiger partial charge in [0, 0.05) is 28.0 Å². The molecule has 4 nitrogen and oxygen atoms in total. The smallest absolute Gasteiger partial charge is 0.269 e. The number of halogens is 1. The first-order valence-electron chi connectivity index (χ1n) is 8.90. The quantitative estimate of drug-likeness (QED) is 0.236. The molecule has 0 radical (unpaired) electrons. The highest BCUT2D eigenvalue weighted by molar-refractivity contribution is 8.03. The zero-order valence-electron chi connectivity index (χ0n) is 15.3. The second kappa shape index (κ2) is 11.3. The molecule has 146 valence electrons. The number of aliphatic hydroxyl groups is 1. The van der Waals surface area contributed by atoms with E-state index in [4.69, 9.17) is 0 Å². The SMILES string of the molecule is CCCCS[C@@H](CO)CSc1ccc(F)cc1Cc1cccc([N+](=O)[O-])c1. The third-order valence-corrected chi connectivity index (χ3v) is 6.82. The van der Waals surface area contributed by atoms with Crippen LogP contribution in [0.5, 0.6) is 0 Å². The first kappa shape index (κ1) is 21.7. The van der Waals surface area contributed by atoms with Gasteiger partial charge in [0.15, 0.2) is 0 Å². The summed E-state index contributed by atoms with van der Waals surface area (Å²) in [5, 5.41) is 20.7. The first-order chi connectivity index (χ1) is 13.0. The Balaban J connectivity index is 2.10. The van der Waals surface area contributed by atoms with Crippen molar-refractivity contribution < 1.29 is 14.4 Å². The van der Waals surface area contributed by atoms with Gasteiger partial charge in [-0.1, -0.05) is 25.5 Å². The number of nitro benzene ring substituents is 1. The van der Waals surface area contributed by atoms with E-state index in [1.807, 2.05) is 6.07 Å². The van der Waals surface area contributed by atoms with Gasteiger partial charge < -0.3 is 5.11 Å². The molecule has 2 rings (SSSR count). The van der Waals surface area contributed by atoms with Crippen LogP contribution in [0.2, 0.25) is 0 Å². The molecule has 0 fully saturated rings. The molecule has 2 aromatic carbocycles. The molecule has 0 spiro atoms. The summed E-state index contributed by atoms with van der Waals surface area (Å²) in [4.78, 5) is 11.5. The van der Waals surface area contributed by atoms with Gasteiger partial charge in [0.05, 0.1) is 11.5 Å². The van der Waals surface area contributed by atoms with E-state index in [9.17, 15) is 19.6 Å². The van der Waals surface area contributed by atoms with E-state index in [-0.39, 0.29) is 23.4 Å². The number of rotatable bonds is 11. The fraction of sp³-hybridized carbons (Fsp3) is 0.400. The maximum absolute atomic E-state index is 13.8. The summed E-state index contributed by atoms with van der Waals surface area (Å²) in [5.74, 6) is 1.43. The van der Waals surface area contributed by atoms with Gasteiger partial charge in [0.25, 0.3) is 5.69 Å². The summed E-state index contributed by atoms with van der Waals surface area (Å²) >= 11 is 3.36. The highest BCUT2D eigenvalue weighted by atomic mass is 32.2. The summed E-state index contributed by atoms with van der Waals surface area (Å²) in [6, 6.07) is 11.1. The van der Waals surface area contributed by atoms with Crippen LogP contribution in [0, 0.1) is 15.9 Å². The van der Waals surface area contributed by atoms with Gasteiger partial charge in [-0.2, -0.15) is 11.8 Å². The van der Waals surface area contributed by atoms with E-state index in [1.165, 1.54) is 24.3 Å². The molecule has 1 N–H and O–H groups in total. The average molecular weight is 410 g/mol. The average Bonchev–Trinajstić information content (AvgIpc) is 2.66. The first-order valence-corrected chi connectivity index (χ1v) is 10.9. The number of benzene rings is 2. The molecular weight excluding hydrogens is 385 g/mol. The lowest BCUT2D eigenvalue weighted by Gasteiger charge is -2.15. The molecular formula is C20H24FNO3S2. The van der Waals surface area contributed by atoms with Crippen LogP contribution in [0.1, 0.15) is 30.9 Å². The van der Waals surface area contributed by atoms with Crippen LogP contribution in [-0.2, 0) is 6.42 Å². The van der Waals surface area contributed by atoms with Crippen LogP contribution in [0.4, 0.5) is 10.1 Å². The third-order valence-electron chi connectivity index (χ3n) is 4.02. The van der Waals surface area contributed by atoms with Crippen molar-refractivity contribution in [1.82, 2.24) is 0 Å². The third kappa shape index (κ3) is 7.16. The van der Waals surface area contributed by atoms with Crippen molar-refractivity contribution in [2.75, 3.05) is 18.1 Å². The molecule has 27 heavy (non-hydrogen) atoms. The van der Waals surface area contributed by atoms with Crippen molar-refractivity contribution in [3.8, 4) is 0 Å². The number of hydrogen-bond acceptors (Lipinski definition) is 5. The van der Waals surface area contributed by atoms with Crippen LogP contribution in [0.3, 0.4) is 0 Å². The fourth-order valence-electron chi connectivity index (χ4n) is 2.56. The lowest BCUT2D eigenvalue weighted by Crippen LogP contribution is -2.12. The molecule has 7 heteroatoms. The zero-order chi connectivity index (χ0) is 19.6. The minimum absolute atomic E-state index is 0.0331. The van der Waals surface area contributed by atoms with Gasteiger partial charge >= 0.3 is 0 Å². The predicted molar refractivity (Wildman–Crippen MR) is 111 cm³/mol. The maximum Gasteiger partial charge on any atom is 0.269 e. The summed E-state index contributed by atoms with van der Waals surface area (Å²) in [5.41, 5.74) is 1.61. The normalized spacial score (nSPS) is 12.1. The number of hydrogen-bond donors (Lipinski definition) is 1. The van der Waals surface area contributed by atoms with Crippen molar-refractivity contribution in [1.29, 1.82) is 0 Å². The van der Waals surface area contributed by atoms with Crippen molar-refractivity contribution >= 4 is 29.2 Å². The number of nitrogens with zero attached hydrogens (tertiary/aromatic N) is 1. The molecule has 0 aliphatic carbocycles. The van der Waals surface area contributed by atoms with Crippen LogP contribution in [-0.4, -0.2) is 33.4 Å². The summed E-state index contributed by atoms with van der Waals surface area (Å²) in [6.45, 7) is 2.25. The number of nitro groups is 1. The van der Waals surface area contributed by atoms with Gasteiger partial charge in [0.2, 0.25) is 0 Å². The number of aliphatic hydroxyl groups excluding tert-OH is 1. The summed E-state index contributed by atoms with van der Waals surface area (Å²) < 4.78 is 13.8. The number of unbranched alkanes of at least 4 members (excludes halogenated alkanes) is 1. The van der Waals surface area contributed by atoms with Gasteiger partial charge in [0.1, 0.15) is 5.82 Å². The van der Waals surface area contributed by atoms with Gasteiger partial charge in [-0.05, 0) is 47.9 Å². The van der Waals surface area contributed by atoms with Gasteiger partial charge in [-0.3, -0.25) is 10.1 Å². The molecule has 2 aromatic rings. The topological polar surface area (TPSA) is 63.4 Å². The highest BCUT2D eigenvalue weighted by Gasteiger charge is 2.13. The Kier molecular flexibility index (Phi) is 9.10. The molecule has 0 aliphatic rings. The Morgan fingerprint density at radius 2 is 2.07 bits per heavy atom. The van der Waals surface area contributed by atoms with Gasteiger partial charge in [-0.25, -0.2) is 4.39 Å². The monoisotopic (exact) mass is 409 g/mol. The van der Waals surface area contributed by atoms with E-state index in [0.717, 1.165) is 40.4 Å². The van der Waals surface area contributed by atoms with Crippen molar-refractivity contribution in [3.05, 3.63) is 69.5 Å². The number of non-ortho nitro benzene ring substituents is 1. The molecule has 0 saturated heterocycles. The Bertz CT molecular complexity index is 758. The fourth-order valence-corrected chi connectivity index (χ4v) is 4.99. The summed E-state index contributed by atoms with van der Waals surface area (Å²) in [7, 11) is 0. The summed E-state index contributed by atoms with van der Waals surface area (Å²) in [6.07, 6.45) is 2.68. The molecule has 0 aromatic heterocycles. The molecule has 0 saturated carbocycles. The van der Waals surface area contributed by atoms with E-state index < -0.39 is 4.92 Å². The molecule has 0 bridgehead atoms. The molecule has 0 unspecified atom stereocenters. The van der Waals surface area contributed by atoms with E-state index in [1.54, 1.807) is 35.7 Å². The van der Waals surface area contributed by atoms with Crippen LogP contribution < -0.4 is 0 Å². The van der Waals surface area contributed by atoms with Crippen molar-refractivity contribution in [3.63, 3.8) is 0 Å². The Hall–Kier alpha value is -1.57. The van der Waals surface area contributed by atoms with E-state index in [2.05, 4.69) is 6.92 Å². The Labute approximate surface area is 167 Å². The lowest BCUT2D eigenvalue weighted by atomic mass is 10.0. The van der Waals surface area contributed by atoms with Crippen LogP contribution >= 0.6 is 23.5 Å². The molecule has 0 heterocycles. The largest absolute Gasteiger partial charge is 0.395 e.